The minimum absolute atomic E-state index is 0.388. The molecule has 1 unspecified atom stereocenters. The minimum atomic E-state index is -0.902. The summed E-state index contributed by atoms with van der Waals surface area (Å²) in [5, 5.41) is 6.87. The third-order valence-corrected chi connectivity index (χ3v) is 6.43. The number of aliphatic imine (C=N–C) groups is 1. The average Bonchev–Trinajstić information content (AvgIpc) is 2.75. The number of aryl methyl sites for hydroxylation is 1. The number of nitrogens with one attached hydrogen (secondary N) is 2. The van der Waals surface area contributed by atoms with Crippen molar-refractivity contribution in [3.8, 4) is 0 Å². The van der Waals surface area contributed by atoms with E-state index in [0.29, 0.717) is 24.1 Å². The Hall–Kier alpha value is -2.41. The molecule has 0 amide bonds. The number of nitrogens with zero attached hydrogens (tertiary/aromatic N) is 3. The molecule has 1 aromatic carbocycles. The molecule has 1 aromatic heterocycles. The Morgan fingerprint density at radius 1 is 1.17 bits per heavy atom. The van der Waals surface area contributed by atoms with Crippen LogP contribution >= 0.6 is 0 Å². The number of hydrogen-bond donors (Lipinski definition) is 2. The summed E-state index contributed by atoms with van der Waals surface area (Å²) in [6, 6.07) is 16.6. The molecule has 2 N–H and O–H groups in total. The zero-order valence-electron chi connectivity index (χ0n) is 18.0. The highest BCUT2D eigenvalue weighted by Crippen LogP contribution is 2.18. The highest BCUT2D eigenvalue weighted by molar-refractivity contribution is 7.84. The number of piperidine rings is 1. The van der Waals surface area contributed by atoms with Gasteiger partial charge in [0, 0.05) is 53.7 Å². The third kappa shape index (κ3) is 7.13. The van der Waals surface area contributed by atoms with E-state index in [1.807, 2.05) is 43.3 Å². The Kier molecular flexibility index (Phi) is 8.68. The second kappa shape index (κ2) is 11.7. The number of benzene rings is 1. The monoisotopic (exact) mass is 427 g/mol. The molecule has 0 radical (unpaired) electrons. The van der Waals surface area contributed by atoms with Crippen molar-refractivity contribution in [2.75, 3.05) is 36.8 Å². The van der Waals surface area contributed by atoms with Crippen LogP contribution < -0.4 is 15.5 Å². The topological polar surface area (TPSA) is 69.6 Å². The molecule has 3 rings (SSSR count). The highest BCUT2D eigenvalue weighted by Gasteiger charge is 2.21. The van der Waals surface area contributed by atoms with E-state index < -0.39 is 10.8 Å². The molecule has 2 aromatic rings. The first-order valence-corrected chi connectivity index (χ1v) is 12.2. The van der Waals surface area contributed by atoms with Crippen molar-refractivity contribution < 1.29 is 4.21 Å². The number of anilines is 1. The van der Waals surface area contributed by atoms with Crippen LogP contribution in [0.2, 0.25) is 0 Å². The largest absolute Gasteiger partial charge is 0.357 e. The van der Waals surface area contributed by atoms with E-state index in [9.17, 15) is 4.21 Å². The Morgan fingerprint density at radius 3 is 2.63 bits per heavy atom. The SMILES string of the molecule is CCNC(=NCCS(=O)Cc1ccccc1)NC1CCN(c2cccc(C)n2)CC1. The van der Waals surface area contributed by atoms with E-state index in [2.05, 4.69) is 44.6 Å². The van der Waals surface area contributed by atoms with Gasteiger partial charge in [0.15, 0.2) is 5.96 Å². The summed E-state index contributed by atoms with van der Waals surface area (Å²) in [7, 11) is -0.902. The lowest BCUT2D eigenvalue weighted by atomic mass is 10.1. The van der Waals surface area contributed by atoms with Crippen molar-refractivity contribution >= 4 is 22.6 Å². The van der Waals surface area contributed by atoms with Crippen molar-refractivity contribution in [3.63, 3.8) is 0 Å². The maximum atomic E-state index is 12.3. The lowest BCUT2D eigenvalue weighted by Gasteiger charge is -2.34. The number of guanidine groups is 1. The molecule has 2 heterocycles. The molecule has 0 saturated carbocycles. The van der Waals surface area contributed by atoms with Crippen molar-refractivity contribution in [1.82, 2.24) is 15.6 Å². The summed E-state index contributed by atoms with van der Waals surface area (Å²) < 4.78 is 12.3. The van der Waals surface area contributed by atoms with E-state index in [4.69, 9.17) is 0 Å². The van der Waals surface area contributed by atoms with Crippen molar-refractivity contribution in [2.24, 2.45) is 4.99 Å². The standard InChI is InChI=1S/C23H33N5OS/c1-3-24-23(25-14-17-30(29)18-20-9-5-4-6-10-20)27-21-12-15-28(16-13-21)22-11-7-8-19(2)26-22/h4-11,21H,3,12-18H2,1-2H3,(H2,24,25,27). The van der Waals surface area contributed by atoms with Crippen LogP contribution in [0.3, 0.4) is 0 Å². The first-order chi connectivity index (χ1) is 14.6. The Morgan fingerprint density at radius 2 is 1.93 bits per heavy atom. The molecule has 1 aliphatic heterocycles. The van der Waals surface area contributed by atoms with Crippen molar-refractivity contribution in [1.29, 1.82) is 0 Å². The van der Waals surface area contributed by atoms with Gasteiger partial charge in [-0.25, -0.2) is 4.98 Å². The van der Waals surface area contributed by atoms with Gasteiger partial charge in [0.05, 0.1) is 6.54 Å². The van der Waals surface area contributed by atoms with Crippen LogP contribution in [0.5, 0.6) is 0 Å². The lowest BCUT2D eigenvalue weighted by molar-refractivity contribution is 0.459. The minimum Gasteiger partial charge on any atom is -0.357 e. The van der Waals surface area contributed by atoms with Gasteiger partial charge in [-0.05, 0) is 44.4 Å². The summed E-state index contributed by atoms with van der Waals surface area (Å²) in [4.78, 5) is 11.6. The van der Waals surface area contributed by atoms with Crippen molar-refractivity contribution in [2.45, 2.75) is 38.5 Å². The first-order valence-electron chi connectivity index (χ1n) is 10.8. The molecule has 0 spiro atoms. The van der Waals surface area contributed by atoms with Crippen LogP contribution in [0.15, 0.2) is 53.5 Å². The molecular weight excluding hydrogens is 394 g/mol. The summed E-state index contributed by atoms with van der Waals surface area (Å²) >= 11 is 0. The van der Waals surface area contributed by atoms with Gasteiger partial charge >= 0.3 is 0 Å². The van der Waals surface area contributed by atoms with E-state index in [1.54, 1.807) is 0 Å². The van der Waals surface area contributed by atoms with Crippen LogP contribution in [-0.2, 0) is 16.6 Å². The summed E-state index contributed by atoms with van der Waals surface area (Å²) in [5.41, 5.74) is 2.17. The molecule has 6 nitrogen and oxygen atoms in total. The second-order valence-electron chi connectivity index (χ2n) is 7.58. The van der Waals surface area contributed by atoms with Gasteiger partial charge in [-0.1, -0.05) is 36.4 Å². The molecule has 1 fully saturated rings. The zero-order chi connectivity index (χ0) is 21.2. The van der Waals surface area contributed by atoms with Crippen LogP contribution in [0, 0.1) is 6.92 Å². The van der Waals surface area contributed by atoms with E-state index in [1.165, 1.54) is 0 Å². The number of aromatic nitrogens is 1. The van der Waals surface area contributed by atoms with Gasteiger partial charge in [-0.2, -0.15) is 0 Å². The molecule has 162 valence electrons. The Bertz CT molecular complexity index is 834. The fraction of sp³-hybridized carbons (Fsp3) is 0.478. The van der Waals surface area contributed by atoms with Gasteiger partial charge in [0.25, 0.3) is 0 Å². The molecule has 1 aliphatic rings. The summed E-state index contributed by atoms with van der Waals surface area (Å²) in [6.07, 6.45) is 2.08. The third-order valence-electron chi connectivity index (χ3n) is 5.14. The lowest BCUT2D eigenvalue weighted by Crippen LogP contribution is -2.49. The number of pyridine rings is 1. The fourth-order valence-corrected chi connectivity index (χ4v) is 4.57. The summed E-state index contributed by atoms with van der Waals surface area (Å²) in [5.74, 6) is 3.05. The van der Waals surface area contributed by atoms with Gasteiger partial charge in [-0.3, -0.25) is 9.20 Å². The van der Waals surface area contributed by atoms with Gasteiger partial charge in [-0.15, -0.1) is 0 Å². The summed E-state index contributed by atoms with van der Waals surface area (Å²) in [6.45, 7) is 7.43. The second-order valence-corrected chi connectivity index (χ2v) is 9.15. The van der Waals surface area contributed by atoms with Gasteiger partial charge in [0.1, 0.15) is 5.82 Å². The number of rotatable bonds is 8. The first kappa shape index (κ1) is 22.3. The molecular formula is C23H33N5OS. The molecule has 1 atom stereocenters. The molecule has 0 aliphatic carbocycles. The number of hydrogen-bond acceptors (Lipinski definition) is 4. The maximum absolute atomic E-state index is 12.3. The quantitative estimate of drug-likeness (QED) is 0.501. The predicted molar refractivity (Wildman–Crippen MR) is 126 cm³/mol. The smallest absolute Gasteiger partial charge is 0.191 e. The van der Waals surface area contributed by atoms with Gasteiger partial charge in [0.2, 0.25) is 0 Å². The molecule has 1 saturated heterocycles. The molecule has 7 heteroatoms. The van der Waals surface area contributed by atoms with Gasteiger partial charge < -0.3 is 15.5 Å². The van der Waals surface area contributed by atoms with Crippen LogP contribution in [0.1, 0.15) is 31.0 Å². The Balaban J connectivity index is 1.45. The highest BCUT2D eigenvalue weighted by atomic mass is 32.2. The fourth-order valence-electron chi connectivity index (χ4n) is 3.56. The Labute approximate surface area is 182 Å². The van der Waals surface area contributed by atoms with E-state index >= 15 is 0 Å². The predicted octanol–water partition coefficient (Wildman–Crippen LogP) is 2.86. The van der Waals surface area contributed by atoms with E-state index in [0.717, 1.165) is 55.5 Å². The maximum Gasteiger partial charge on any atom is 0.191 e. The van der Waals surface area contributed by atoms with E-state index in [-0.39, 0.29) is 0 Å². The van der Waals surface area contributed by atoms with Crippen LogP contribution in [0.25, 0.3) is 0 Å². The average molecular weight is 428 g/mol. The molecule has 30 heavy (non-hydrogen) atoms. The normalized spacial score (nSPS) is 16.3. The van der Waals surface area contributed by atoms with Crippen LogP contribution in [0.4, 0.5) is 5.82 Å². The zero-order valence-corrected chi connectivity index (χ0v) is 18.8. The molecule has 0 bridgehead atoms. The van der Waals surface area contributed by atoms with Crippen molar-refractivity contribution in [3.05, 3.63) is 59.8 Å². The van der Waals surface area contributed by atoms with Crippen LogP contribution in [-0.4, -0.2) is 53.1 Å².